The van der Waals surface area contributed by atoms with Crippen LogP contribution >= 0.6 is 7.60 Å². The zero-order chi connectivity index (χ0) is 48.8. The fourth-order valence-electron chi connectivity index (χ4n) is 7.82. The van der Waals surface area contributed by atoms with Crippen molar-refractivity contribution in [2.24, 2.45) is 0 Å². The third-order valence-corrected chi connectivity index (χ3v) is 14.0. The molecule has 10 heteroatoms. The second-order valence-electron chi connectivity index (χ2n) is 18.6. The molecule has 66 heavy (non-hydrogen) atoms. The summed E-state index contributed by atoms with van der Waals surface area (Å²) in [5, 5.41) is 0.122. The molecule has 0 aliphatic heterocycles. The topological polar surface area (TPSA) is 107 Å². The van der Waals surface area contributed by atoms with E-state index in [1.807, 2.05) is 0 Å². The van der Waals surface area contributed by atoms with E-state index in [4.69, 9.17) is 28.0 Å². The van der Waals surface area contributed by atoms with Crippen LogP contribution < -0.4 is 24.3 Å². The highest BCUT2D eigenvalue weighted by Gasteiger charge is 2.41. The van der Waals surface area contributed by atoms with Gasteiger partial charge >= 0.3 is 7.60 Å². The van der Waals surface area contributed by atoms with E-state index in [-0.39, 0.29) is 35.0 Å². The van der Waals surface area contributed by atoms with Crippen LogP contribution in [0.25, 0.3) is 0 Å². The number of Topliss-reactive ketones (excluding diaryl/α,β-unsaturated/α-hetero) is 2. The van der Waals surface area contributed by atoms with Gasteiger partial charge in [0.25, 0.3) is 0 Å². The summed E-state index contributed by atoms with van der Waals surface area (Å²) < 4.78 is 56.7. The number of ether oxygens (including phenoxy) is 4. The number of carbonyl (C=O) groups excluding carboxylic acids is 2. The average molecular weight is 947 g/mol. The number of unbranched alkanes of at least 4 members (excludes halogenated alkanes) is 22. The molecule has 0 heterocycles. The number of hydrogen-bond acceptors (Lipinski definition) is 9. The predicted molar refractivity (Wildman–Crippen MR) is 278 cm³/mol. The molecule has 1 aromatic rings. The van der Waals surface area contributed by atoms with Crippen molar-refractivity contribution in [3.63, 3.8) is 0 Å². The minimum absolute atomic E-state index is 0.122. The van der Waals surface area contributed by atoms with Crippen molar-refractivity contribution in [2.45, 2.75) is 260 Å². The highest BCUT2D eigenvalue weighted by molar-refractivity contribution is 7.62. The van der Waals surface area contributed by atoms with E-state index in [0.717, 1.165) is 167 Å². The molecule has 0 amide bonds. The van der Waals surface area contributed by atoms with Crippen molar-refractivity contribution in [3.05, 3.63) is 30.4 Å². The SMILES string of the molecule is C=C(C)C(=O)C(CCCCCC)Oc1c(OCCCCCCC)c(OCCCCCCC)cc(P(=O)(OCCCCCCC)OC(CCCCCC)C(=O)C(=C)C)c1OCCCCCCC. The van der Waals surface area contributed by atoms with Crippen LogP contribution in [0.2, 0.25) is 0 Å². The molecule has 0 fully saturated rings. The third kappa shape index (κ3) is 25.7. The van der Waals surface area contributed by atoms with Gasteiger partial charge in [0.05, 0.1) is 26.4 Å². The molecule has 0 radical (unpaired) electrons. The maximum atomic E-state index is 16.2. The van der Waals surface area contributed by atoms with E-state index < -0.39 is 19.8 Å². The van der Waals surface area contributed by atoms with Crippen molar-refractivity contribution in [1.82, 2.24) is 0 Å². The summed E-state index contributed by atoms with van der Waals surface area (Å²) in [5.74, 6) is 0.431. The summed E-state index contributed by atoms with van der Waals surface area (Å²) in [6.07, 6.45) is 26.4. The normalized spacial score (nSPS) is 13.2. The van der Waals surface area contributed by atoms with Gasteiger partial charge in [-0.3, -0.25) is 18.7 Å². The van der Waals surface area contributed by atoms with Gasteiger partial charge in [-0.15, -0.1) is 0 Å². The van der Waals surface area contributed by atoms with Crippen LogP contribution in [0.4, 0.5) is 0 Å². The zero-order valence-corrected chi connectivity index (χ0v) is 44.7. The summed E-state index contributed by atoms with van der Waals surface area (Å²) >= 11 is 0. The molecule has 0 aromatic heterocycles. The van der Waals surface area contributed by atoms with E-state index in [2.05, 4.69) is 54.7 Å². The molecule has 3 unspecified atom stereocenters. The van der Waals surface area contributed by atoms with Gasteiger partial charge in [0.1, 0.15) is 11.4 Å². The Kier molecular flexibility index (Phi) is 36.5. The van der Waals surface area contributed by atoms with E-state index in [9.17, 15) is 9.59 Å². The molecule has 1 rings (SSSR count). The highest BCUT2D eigenvalue weighted by atomic mass is 31.2. The Morgan fingerprint density at radius 2 is 0.833 bits per heavy atom. The second-order valence-corrected chi connectivity index (χ2v) is 20.5. The Labute approximate surface area is 405 Å². The Hall–Kier alpha value is -2.61. The monoisotopic (exact) mass is 947 g/mol. The van der Waals surface area contributed by atoms with Crippen molar-refractivity contribution >= 4 is 24.5 Å². The molecule has 0 saturated carbocycles. The van der Waals surface area contributed by atoms with Crippen LogP contribution in [-0.4, -0.2) is 50.2 Å². The van der Waals surface area contributed by atoms with Crippen molar-refractivity contribution in [3.8, 4) is 23.0 Å². The first-order valence-electron chi connectivity index (χ1n) is 27.0. The summed E-state index contributed by atoms with van der Waals surface area (Å²) in [7, 11) is -4.43. The molecule has 9 nitrogen and oxygen atoms in total. The van der Waals surface area contributed by atoms with Crippen LogP contribution in [0.5, 0.6) is 23.0 Å². The lowest BCUT2D eigenvalue weighted by Crippen LogP contribution is -2.30. The average Bonchev–Trinajstić information content (AvgIpc) is 3.30. The molecule has 1 aromatic carbocycles. The molecule has 0 aliphatic carbocycles. The van der Waals surface area contributed by atoms with Crippen molar-refractivity contribution in [1.29, 1.82) is 0 Å². The van der Waals surface area contributed by atoms with Gasteiger partial charge in [-0.25, -0.2) is 0 Å². The number of benzene rings is 1. The van der Waals surface area contributed by atoms with Crippen molar-refractivity contribution in [2.75, 3.05) is 26.4 Å². The molecule has 0 bridgehead atoms. The van der Waals surface area contributed by atoms with Gasteiger partial charge in [0.15, 0.2) is 29.2 Å². The van der Waals surface area contributed by atoms with Crippen LogP contribution in [0.1, 0.15) is 248 Å². The maximum Gasteiger partial charge on any atom is 0.366 e. The summed E-state index contributed by atoms with van der Waals surface area (Å²) in [4.78, 5) is 28.1. The molecule has 3 atom stereocenters. The van der Waals surface area contributed by atoms with E-state index >= 15 is 4.57 Å². The Balaban J connectivity index is 4.39. The van der Waals surface area contributed by atoms with Crippen LogP contribution in [0.15, 0.2) is 30.4 Å². The number of ketones is 2. The largest absolute Gasteiger partial charge is 0.490 e. The van der Waals surface area contributed by atoms with Crippen LogP contribution in [-0.2, 0) is 23.2 Å². The standard InChI is InChI=1S/C56H99O9P/c1-11-17-23-29-35-41-60-50-45-51(66(59,63-44-38-32-26-20-14-4)65-49(53(58)47(9)10)40-34-28-22-16-6)55(62-43-37-31-25-19-13-3)56(54(50)61-42-36-30-24-18-12-2)64-48(52(57)46(7)8)39-33-27-21-15-5/h45,48-49H,7,9,11-44H2,1-6,8,10H3. The molecule has 382 valence electrons. The van der Waals surface area contributed by atoms with E-state index in [1.54, 1.807) is 19.9 Å². The van der Waals surface area contributed by atoms with Gasteiger partial charge in [-0.05, 0) is 69.9 Å². The minimum atomic E-state index is -4.43. The summed E-state index contributed by atoms with van der Waals surface area (Å²) in [6, 6.07) is 1.70. The smallest absolute Gasteiger partial charge is 0.366 e. The van der Waals surface area contributed by atoms with Gasteiger partial charge < -0.3 is 23.5 Å². The van der Waals surface area contributed by atoms with Gasteiger partial charge in [-0.1, -0.05) is 202 Å². The first-order chi connectivity index (χ1) is 32.0. The molecule has 0 N–H and O–H groups in total. The number of carbonyl (C=O) groups is 2. The Morgan fingerprint density at radius 3 is 1.27 bits per heavy atom. The fraction of sp³-hybridized carbons (Fsp3) is 0.786. The van der Waals surface area contributed by atoms with Gasteiger partial charge in [0.2, 0.25) is 11.5 Å². The third-order valence-electron chi connectivity index (χ3n) is 12.0. The maximum absolute atomic E-state index is 16.2. The molecular weight excluding hydrogens is 848 g/mol. The Bertz CT molecular complexity index is 1510. The summed E-state index contributed by atoms with van der Waals surface area (Å²) in [5.41, 5.74) is 0.713. The fourth-order valence-corrected chi connectivity index (χ4v) is 9.73. The van der Waals surface area contributed by atoms with E-state index in [1.165, 1.54) is 0 Å². The second kappa shape index (κ2) is 39.3. The zero-order valence-electron chi connectivity index (χ0n) is 43.8. The first-order valence-corrected chi connectivity index (χ1v) is 28.6. The Morgan fingerprint density at radius 1 is 0.470 bits per heavy atom. The quantitative estimate of drug-likeness (QED) is 0.0359. The molecule has 0 spiro atoms. The lowest BCUT2D eigenvalue weighted by Gasteiger charge is -2.29. The first kappa shape index (κ1) is 61.4. The number of hydrogen-bond donors (Lipinski definition) is 0. The predicted octanol–water partition coefficient (Wildman–Crippen LogP) is 16.9. The lowest BCUT2D eigenvalue weighted by atomic mass is 10.0. The van der Waals surface area contributed by atoms with Crippen LogP contribution in [0, 0.1) is 0 Å². The highest BCUT2D eigenvalue weighted by Crippen LogP contribution is 2.57. The van der Waals surface area contributed by atoms with E-state index in [0.29, 0.717) is 68.1 Å². The molecule has 0 saturated heterocycles. The van der Waals surface area contributed by atoms with Crippen molar-refractivity contribution < 1.29 is 42.1 Å². The molecule has 0 aliphatic rings. The van der Waals surface area contributed by atoms with Crippen LogP contribution in [0.3, 0.4) is 0 Å². The summed E-state index contributed by atoms with van der Waals surface area (Å²) in [6.45, 7) is 25.7. The lowest BCUT2D eigenvalue weighted by molar-refractivity contribution is -0.123. The molecular formula is C56H99O9P. The minimum Gasteiger partial charge on any atom is -0.490 e. The van der Waals surface area contributed by atoms with Gasteiger partial charge in [0, 0.05) is 6.07 Å². The van der Waals surface area contributed by atoms with Gasteiger partial charge in [-0.2, -0.15) is 0 Å². The number of rotatable bonds is 47.